The number of thiazole rings is 1. The first-order valence-corrected chi connectivity index (χ1v) is 9.95. The second-order valence-corrected chi connectivity index (χ2v) is 8.08. The van der Waals surface area contributed by atoms with Crippen molar-refractivity contribution in [1.82, 2.24) is 14.7 Å². The van der Waals surface area contributed by atoms with E-state index in [-0.39, 0.29) is 5.91 Å². The number of rotatable bonds is 5. The zero-order valence-electron chi connectivity index (χ0n) is 15.4. The predicted octanol–water partition coefficient (Wildman–Crippen LogP) is 5.39. The van der Waals surface area contributed by atoms with Crippen LogP contribution >= 0.6 is 22.9 Å². The van der Waals surface area contributed by atoms with Crippen molar-refractivity contribution in [3.05, 3.63) is 81.6 Å². The topological polar surface area (TPSA) is 55.6 Å². The molecular weight excluding hydrogens is 394 g/mol. The summed E-state index contributed by atoms with van der Waals surface area (Å²) in [6, 6.07) is 14.8. The lowest BCUT2D eigenvalue weighted by atomic mass is 10.2. The summed E-state index contributed by atoms with van der Waals surface area (Å²) < 4.78 is 7.70. The average molecular weight is 412 g/mol. The Morgan fingerprint density at radius 1 is 1.18 bits per heavy atom. The number of aromatic nitrogens is 2. The van der Waals surface area contributed by atoms with E-state index < -0.39 is 0 Å². The van der Waals surface area contributed by atoms with Crippen LogP contribution < -0.4 is 10.1 Å². The summed E-state index contributed by atoms with van der Waals surface area (Å²) in [5.41, 5.74) is 2.25. The molecule has 0 fully saturated rings. The van der Waals surface area contributed by atoms with Crippen molar-refractivity contribution >= 4 is 33.8 Å². The largest absolute Gasteiger partial charge is 0.457 e. The molecule has 1 N–H and O–H groups in total. The minimum absolute atomic E-state index is 0.146. The number of imidazole rings is 1. The number of hydrogen-bond donors (Lipinski definition) is 1. The third kappa shape index (κ3) is 3.88. The number of carbonyl (C=O) groups is 1. The van der Waals surface area contributed by atoms with Gasteiger partial charge in [-0.25, -0.2) is 4.98 Å². The van der Waals surface area contributed by atoms with Gasteiger partial charge in [0.2, 0.25) is 0 Å². The molecule has 2 heterocycles. The molecular formula is C21H18ClN3O2S. The van der Waals surface area contributed by atoms with Crippen LogP contribution in [0.5, 0.6) is 11.5 Å². The van der Waals surface area contributed by atoms with Crippen LogP contribution in [-0.2, 0) is 6.54 Å². The van der Waals surface area contributed by atoms with Crippen molar-refractivity contribution in [2.24, 2.45) is 0 Å². The first kappa shape index (κ1) is 18.5. The van der Waals surface area contributed by atoms with Gasteiger partial charge >= 0.3 is 0 Å². The molecule has 142 valence electrons. The molecule has 0 saturated carbocycles. The monoisotopic (exact) mass is 411 g/mol. The Hall–Kier alpha value is -2.83. The van der Waals surface area contributed by atoms with E-state index in [0.717, 1.165) is 21.1 Å². The van der Waals surface area contributed by atoms with Gasteiger partial charge in [-0.1, -0.05) is 23.7 Å². The van der Waals surface area contributed by atoms with Crippen molar-refractivity contribution in [2.45, 2.75) is 20.4 Å². The van der Waals surface area contributed by atoms with Gasteiger partial charge in [-0.05, 0) is 55.8 Å². The van der Waals surface area contributed by atoms with Crippen LogP contribution in [-0.4, -0.2) is 15.3 Å². The van der Waals surface area contributed by atoms with Crippen molar-refractivity contribution < 1.29 is 9.53 Å². The van der Waals surface area contributed by atoms with Crippen LogP contribution in [0.3, 0.4) is 0 Å². The summed E-state index contributed by atoms with van der Waals surface area (Å²) in [5, 5.41) is 3.64. The van der Waals surface area contributed by atoms with Gasteiger partial charge in [0.25, 0.3) is 5.91 Å². The first-order chi connectivity index (χ1) is 13.5. The third-order valence-corrected chi connectivity index (χ3v) is 5.38. The summed E-state index contributed by atoms with van der Waals surface area (Å²) in [4.78, 5) is 19.1. The number of fused-ring (bicyclic) bond motifs is 1. The van der Waals surface area contributed by atoms with E-state index in [9.17, 15) is 4.79 Å². The molecule has 0 bridgehead atoms. The molecule has 0 spiro atoms. The molecule has 4 rings (SSSR count). The highest BCUT2D eigenvalue weighted by atomic mass is 35.5. The zero-order chi connectivity index (χ0) is 19.7. The van der Waals surface area contributed by atoms with Crippen molar-refractivity contribution in [3.8, 4) is 11.5 Å². The maximum absolute atomic E-state index is 12.7. The summed E-state index contributed by atoms with van der Waals surface area (Å²) in [7, 11) is 0. The average Bonchev–Trinajstić information content (AvgIpc) is 3.16. The maximum Gasteiger partial charge on any atom is 0.270 e. The van der Waals surface area contributed by atoms with E-state index in [1.54, 1.807) is 23.5 Å². The van der Waals surface area contributed by atoms with Gasteiger partial charge in [-0.15, -0.1) is 11.3 Å². The van der Waals surface area contributed by atoms with Gasteiger partial charge in [0.05, 0.1) is 5.69 Å². The second kappa shape index (κ2) is 7.66. The normalized spacial score (nSPS) is 11.0. The van der Waals surface area contributed by atoms with Crippen LogP contribution in [0.2, 0.25) is 5.02 Å². The Balaban J connectivity index is 1.46. The molecule has 4 aromatic rings. The zero-order valence-corrected chi connectivity index (χ0v) is 17.0. The Labute approximate surface area is 171 Å². The Morgan fingerprint density at radius 3 is 2.75 bits per heavy atom. The van der Waals surface area contributed by atoms with E-state index in [0.29, 0.717) is 28.8 Å². The number of halogens is 1. The molecule has 0 saturated heterocycles. The predicted molar refractivity (Wildman–Crippen MR) is 112 cm³/mol. The Morgan fingerprint density at radius 2 is 1.96 bits per heavy atom. The van der Waals surface area contributed by atoms with Crippen LogP contribution in [0, 0.1) is 13.8 Å². The lowest BCUT2D eigenvalue weighted by Crippen LogP contribution is -2.24. The lowest BCUT2D eigenvalue weighted by molar-refractivity contribution is 0.0944. The van der Waals surface area contributed by atoms with E-state index in [2.05, 4.69) is 10.3 Å². The molecule has 2 aromatic carbocycles. The maximum atomic E-state index is 12.7. The highest BCUT2D eigenvalue weighted by Gasteiger charge is 2.17. The summed E-state index contributed by atoms with van der Waals surface area (Å²) in [6.45, 7) is 4.25. The fraction of sp³-hybridized carbons (Fsp3) is 0.143. The van der Waals surface area contributed by atoms with Gasteiger partial charge in [0.1, 0.15) is 17.2 Å². The standard InChI is InChI=1S/C21H18ClN3O2S/c1-13-12-25-19(14(2)24-21(25)28-13)20(26)23-11-15-4-3-5-18(10-15)27-17-8-6-16(22)7-9-17/h3-10,12H,11H2,1-2H3,(H,23,26). The highest BCUT2D eigenvalue weighted by Crippen LogP contribution is 2.24. The molecule has 0 aliphatic heterocycles. The smallest absolute Gasteiger partial charge is 0.270 e. The third-order valence-electron chi connectivity index (χ3n) is 4.23. The fourth-order valence-corrected chi connectivity index (χ4v) is 3.96. The molecule has 7 heteroatoms. The number of benzene rings is 2. The molecule has 1 amide bonds. The molecule has 0 unspecified atom stereocenters. The molecule has 0 aliphatic carbocycles. The Bertz CT molecular complexity index is 1150. The number of nitrogens with one attached hydrogen (secondary N) is 1. The second-order valence-electron chi connectivity index (χ2n) is 6.43. The van der Waals surface area contributed by atoms with E-state index >= 15 is 0 Å². The van der Waals surface area contributed by atoms with Crippen LogP contribution in [0.25, 0.3) is 4.96 Å². The molecule has 0 radical (unpaired) electrons. The lowest BCUT2D eigenvalue weighted by Gasteiger charge is -2.09. The molecule has 0 atom stereocenters. The number of carbonyl (C=O) groups excluding carboxylic acids is 1. The summed E-state index contributed by atoms with van der Waals surface area (Å²) in [6.07, 6.45) is 1.94. The van der Waals surface area contributed by atoms with Crippen molar-refractivity contribution in [1.29, 1.82) is 0 Å². The summed E-state index contributed by atoms with van der Waals surface area (Å²) in [5.74, 6) is 1.26. The number of aryl methyl sites for hydroxylation is 2. The van der Waals surface area contributed by atoms with Gasteiger partial charge < -0.3 is 10.1 Å². The molecule has 2 aromatic heterocycles. The fourth-order valence-electron chi connectivity index (χ4n) is 2.96. The van der Waals surface area contributed by atoms with Crippen molar-refractivity contribution in [2.75, 3.05) is 0 Å². The van der Waals surface area contributed by atoms with Gasteiger partial charge in [-0.3, -0.25) is 9.20 Å². The molecule has 5 nitrogen and oxygen atoms in total. The minimum atomic E-state index is -0.146. The van der Waals surface area contributed by atoms with E-state index in [1.807, 2.05) is 60.8 Å². The summed E-state index contributed by atoms with van der Waals surface area (Å²) >= 11 is 7.47. The Kier molecular flexibility index (Phi) is 5.07. The van der Waals surface area contributed by atoms with Gasteiger partial charge in [0.15, 0.2) is 4.96 Å². The molecule has 0 aliphatic rings. The minimum Gasteiger partial charge on any atom is -0.457 e. The van der Waals surface area contributed by atoms with E-state index in [4.69, 9.17) is 16.3 Å². The van der Waals surface area contributed by atoms with Gasteiger partial charge in [-0.2, -0.15) is 0 Å². The quantitative estimate of drug-likeness (QED) is 0.479. The van der Waals surface area contributed by atoms with Crippen molar-refractivity contribution in [3.63, 3.8) is 0 Å². The SMILES string of the molecule is Cc1cn2c(C(=O)NCc3cccc(Oc4ccc(Cl)cc4)c3)c(C)nc2s1. The van der Waals surface area contributed by atoms with Crippen LogP contribution in [0.1, 0.15) is 26.6 Å². The highest BCUT2D eigenvalue weighted by molar-refractivity contribution is 7.17. The number of nitrogens with zero attached hydrogens (tertiary/aromatic N) is 2. The molecule has 28 heavy (non-hydrogen) atoms. The van der Waals surface area contributed by atoms with Gasteiger partial charge in [0, 0.05) is 22.6 Å². The van der Waals surface area contributed by atoms with Crippen LogP contribution in [0.4, 0.5) is 0 Å². The first-order valence-electron chi connectivity index (χ1n) is 8.75. The number of ether oxygens (including phenoxy) is 1. The van der Waals surface area contributed by atoms with Crippen LogP contribution in [0.15, 0.2) is 54.7 Å². The van der Waals surface area contributed by atoms with E-state index in [1.165, 1.54) is 0 Å². The number of hydrogen-bond acceptors (Lipinski definition) is 4. The number of amides is 1.